The number of H-pyrrole nitrogens is 1. The molecule has 0 spiro atoms. The molecule has 0 aromatic carbocycles. The van der Waals surface area contributed by atoms with Crippen LogP contribution in [0.15, 0.2) is 22.4 Å². The van der Waals surface area contributed by atoms with Gasteiger partial charge in [-0.2, -0.15) is 5.10 Å². The second-order valence-corrected chi connectivity index (χ2v) is 7.81. The lowest BCUT2D eigenvalue weighted by Crippen LogP contribution is -2.35. The van der Waals surface area contributed by atoms with Crippen LogP contribution >= 0.6 is 11.3 Å². The van der Waals surface area contributed by atoms with Crippen molar-refractivity contribution in [3.8, 4) is 0 Å². The quantitative estimate of drug-likeness (QED) is 0.842. The van der Waals surface area contributed by atoms with Gasteiger partial charge in [-0.3, -0.25) is 10.00 Å². The van der Waals surface area contributed by atoms with Crippen molar-refractivity contribution in [2.45, 2.75) is 24.8 Å². The number of hydrogen-bond acceptors (Lipinski definition) is 6. The summed E-state index contributed by atoms with van der Waals surface area (Å²) in [6.07, 6.45) is -1.00. The van der Waals surface area contributed by atoms with Crippen molar-refractivity contribution in [3.63, 3.8) is 0 Å². The summed E-state index contributed by atoms with van der Waals surface area (Å²) in [7, 11) is -3.71. The Bertz CT molecular complexity index is 794. The number of ether oxygens (including phenoxy) is 1. The van der Waals surface area contributed by atoms with E-state index in [4.69, 9.17) is 4.74 Å². The number of sulfonamides is 1. The molecule has 1 fully saturated rings. The van der Waals surface area contributed by atoms with Crippen molar-refractivity contribution < 1.29 is 17.9 Å². The lowest BCUT2D eigenvalue weighted by Gasteiger charge is -2.11. The normalized spacial score (nSPS) is 18.4. The third-order valence-corrected chi connectivity index (χ3v) is 6.05. The molecule has 0 bridgehead atoms. The molecule has 0 radical (unpaired) electrons. The average molecular weight is 356 g/mol. The number of hydrogen-bond donors (Lipinski definition) is 2. The van der Waals surface area contributed by atoms with Gasteiger partial charge in [0.2, 0.25) is 10.0 Å². The van der Waals surface area contributed by atoms with Crippen LogP contribution in [-0.4, -0.2) is 43.9 Å². The van der Waals surface area contributed by atoms with Crippen LogP contribution in [0.4, 0.5) is 9.80 Å². The molecular weight excluding hydrogens is 340 g/mol. The second-order valence-electron chi connectivity index (χ2n) is 5.18. The van der Waals surface area contributed by atoms with Crippen molar-refractivity contribution in [1.29, 1.82) is 0 Å². The van der Waals surface area contributed by atoms with E-state index in [0.29, 0.717) is 17.9 Å². The van der Waals surface area contributed by atoms with Crippen molar-refractivity contribution in [2.75, 3.05) is 18.0 Å². The molecule has 10 heteroatoms. The molecule has 2 aromatic rings. The number of aromatic nitrogens is 2. The number of aryl methyl sites for hydroxylation is 2. The predicted octanol–water partition coefficient (Wildman–Crippen LogP) is 1.39. The summed E-state index contributed by atoms with van der Waals surface area (Å²) < 4.78 is 32.4. The molecule has 1 aliphatic heterocycles. The fraction of sp³-hybridized carbons (Fsp3) is 0.385. The van der Waals surface area contributed by atoms with E-state index in [1.807, 2.05) is 17.5 Å². The molecule has 3 heterocycles. The van der Waals surface area contributed by atoms with Gasteiger partial charge in [0, 0.05) is 6.54 Å². The monoisotopic (exact) mass is 356 g/mol. The van der Waals surface area contributed by atoms with Crippen LogP contribution in [0.25, 0.3) is 0 Å². The Labute approximate surface area is 137 Å². The number of nitrogens with zero attached hydrogens (tertiary/aromatic N) is 2. The van der Waals surface area contributed by atoms with E-state index in [1.165, 1.54) is 16.2 Å². The fourth-order valence-corrected chi connectivity index (χ4v) is 4.61. The van der Waals surface area contributed by atoms with Gasteiger partial charge in [0.15, 0.2) is 0 Å². The predicted molar refractivity (Wildman–Crippen MR) is 85.2 cm³/mol. The number of carbonyl (C=O) groups is 1. The van der Waals surface area contributed by atoms with Gasteiger partial charge < -0.3 is 4.74 Å². The first-order valence-electron chi connectivity index (χ1n) is 6.91. The Balaban J connectivity index is 1.66. The van der Waals surface area contributed by atoms with Crippen LogP contribution < -0.4 is 9.62 Å². The van der Waals surface area contributed by atoms with Crippen LogP contribution in [0, 0.1) is 13.8 Å². The number of thiophene rings is 1. The van der Waals surface area contributed by atoms with Crippen molar-refractivity contribution in [1.82, 2.24) is 14.9 Å². The van der Waals surface area contributed by atoms with Crippen LogP contribution in [-0.2, 0) is 14.8 Å². The van der Waals surface area contributed by atoms with Crippen LogP contribution in [0.5, 0.6) is 0 Å². The number of cyclic esters (lactones) is 1. The summed E-state index contributed by atoms with van der Waals surface area (Å²) in [5.41, 5.74) is 0.872. The van der Waals surface area contributed by atoms with Gasteiger partial charge in [0.1, 0.15) is 16.0 Å². The minimum Gasteiger partial charge on any atom is -0.443 e. The standard InChI is InChI=1S/C13H16N4O4S2/c1-8-12(9(2)16-15-8)23(19,20)14-6-10-7-17(13(18)21-10)11-4-3-5-22-11/h3-5,10,14H,6-7H2,1-2H3,(H,15,16). The lowest BCUT2D eigenvalue weighted by molar-refractivity contribution is 0.143. The summed E-state index contributed by atoms with van der Waals surface area (Å²) in [5, 5.41) is 9.17. The van der Waals surface area contributed by atoms with Gasteiger partial charge in [0.05, 0.1) is 17.9 Å². The Morgan fingerprint density at radius 2 is 2.30 bits per heavy atom. The summed E-state index contributed by atoms with van der Waals surface area (Å²) in [4.78, 5) is 13.5. The summed E-state index contributed by atoms with van der Waals surface area (Å²) >= 11 is 1.43. The van der Waals surface area contributed by atoms with Gasteiger partial charge in [0.25, 0.3) is 0 Å². The first-order chi connectivity index (χ1) is 10.9. The smallest absolute Gasteiger partial charge is 0.415 e. The molecule has 0 saturated carbocycles. The van der Waals surface area contributed by atoms with Gasteiger partial charge in [-0.25, -0.2) is 17.9 Å². The lowest BCUT2D eigenvalue weighted by atomic mass is 10.3. The molecule has 1 saturated heterocycles. The van der Waals surface area contributed by atoms with E-state index in [2.05, 4.69) is 14.9 Å². The number of anilines is 1. The van der Waals surface area contributed by atoms with Crippen LogP contribution in [0.2, 0.25) is 0 Å². The fourth-order valence-electron chi connectivity index (χ4n) is 2.44. The molecule has 1 aliphatic rings. The van der Waals surface area contributed by atoms with E-state index in [1.54, 1.807) is 13.8 Å². The molecule has 1 atom stereocenters. The summed E-state index contributed by atoms with van der Waals surface area (Å²) in [6.45, 7) is 3.58. The Kier molecular flexibility index (Phi) is 4.13. The topological polar surface area (TPSA) is 104 Å². The largest absolute Gasteiger partial charge is 0.443 e. The highest BCUT2D eigenvalue weighted by molar-refractivity contribution is 7.89. The van der Waals surface area contributed by atoms with Gasteiger partial charge in [-0.1, -0.05) is 0 Å². The first kappa shape index (κ1) is 16.0. The van der Waals surface area contributed by atoms with Crippen molar-refractivity contribution >= 4 is 32.5 Å². The van der Waals surface area contributed by atoms with Crippen molar-refractivity contribution in [3.05, 3.63) is 28.9 Å². The maximum absolute atomic E-state index is 12.4. The Hall–Kier alpha value is -1.91. The second kappa shape index (κ2) is 5.95. The zero-order valence-electron chi connectivity index (χ0n) is 12.6. The summed E-state index contributed by atoms with van der Waals surface area (Å²) in [6, 6.07) is 3.66. The summed E-state index contributed by atoms with van der Waals surface area (Å²) in [5.74, 6) is 0. The molecular formula is C13H16N4O4S2. The third kappa shape index (κ3) is 3.09. The van der Waals surface area contributed by atoms with Crippen molar-refractivity contribution in [2.24, 2.45) is 0 Å². The number of aromatic amines is 1. The van der Waals surface area contributed by atoms with Gasteiger partial charge >= 0.3 is 6.09 Å². The number of amides is 1. The molecule has 3 rings (SSSR count). The maximum atomic E-state index is 12.4. The molecule has 1 unspecified atom stereocenters. The molecule has 2 aromatic heterocycles. The minimum atomic E-state index is -3.71. The molecule has 23 heavy (non-hydrogen) atoms. The number of rotatable bonds is 5. The molecule has 0 aliphatic carbocycles. The maximum Gasteiger partial charge on any atom is 0.415 e. The molecule has 8 nitrogen and oxygen atoms in total. The molecule has 124 valence electrons. The highest BCUT2D eigenvalue weighted by atomic mass is 32.2. The van der Waals surface area contributed by atoms with E-state index >= 15 is 0 Å². The first-order valence-corrected chi connectivity index (χ1v) is 9.27. The van der Waals surface area contributed by atoms with Gasteiger partial charge in [-0.05, 0) is 31.4 Å². The minimum absolute atomic E-state index is 0.0139. The van der Waals surface area contributed by atoms with E-state index < -0.39 is 22.2 Å². The highest BCUT2D eigenvalue weighted by Gasteiger charge is 2.34. The Morgan fingerprint density at radius 3 is 2.91 bits per heavy atom. The van der Waals surface area contributed by atoms with Crippen LogP contribution in [0.1, 0.15) is 11.4 Å². The van der Waals surface area contributed by atoms with E-state index in [-0.39, 0.29) is 11.4 Å². The SMILES string of the molecule is Cc1n[nH]c(C)c1S(=O)(=O)NCC1CN(c2cccs2)C(=O)O1. The zero-order valence-corrected chi connectivity index (χ0v) is 14.2. The Morgan fingerprint density at radius 1 is 1.52 bits per heavy atom. The zero-order chi connectivity index (χ0) is 16.6. The van der Waals surface area contributed by atoms with E-state index in [0.717, 1.165) is 5.00 Å². The number of nitrogens with one attached hydrogen (secondary N) is 2. The third-order valence-electron chi connectivity index (χ3n) is 3.48. The number of carbonyl (C=O) groups excluding carboxylic acids is 1. The van der Waals surface area contributed by atoms with E-state index in [9.17, 15) is 13.2 Å². The molecule has 2 N–H and O–H groups in total. The average Bonchev–Trinajstić information content (AvgIpc) is 3.18. The van der Waals surface area contributed by atoms with Crippen LogP contribution in [0.3, 0.4) is 0 Å². The highest BCUT2D eigenvalue weighted by Crippen LogP contribution is 2.26. The van der Waals surface area contributed by atoms with Gasteiger partial charge in [-0.15, -0.1) is 11.3 Å². The molecule has 1 amide bonds.